The number of methoxy groups -OCH3 is 2. The summed E-state index contributed by atoms with van der Waals surface area (Å²) >= 11 is 0. The molecule has 1 aliphatic heterocycles. The number of nitrogens with one attached hydrogen (secondary N) is 1. The highest BCUT2D eigenvalue weighted by molar-refractivity contribution is 5.68. The molecular formula is C16H25N3O4. The molecular weight excluding hydrogens is 298 g/mol. The molecule has 0 saturated carbocycles. The number of hydrogen-bond donors (Lipinski definition) is 1. The van der Waals surface area contributed by atoms with Gasteiger partial charge in [0, 0.05) is 19.6 Å². The molecule has 0 aromatic carbocycles. The molecule has 1 amide bonds. The minimum absolute atomic E-state index is 0.107. The molecule has 1 aliphatic rings. The lowest BCUT2D eigenvalue weighted by Gasteiger charge is -2.35. The molecule has 7 heteroatoms. The maximum Gasteiger partial charge on any atom is 0.410 e. The largest absolute Gasteiger partial charge is 0.495 e. The summed E-state index contributed by atoms with van der Waals surface area (Å²) in [6, 6.07) is -0.107. The summed E-state index contributed by atoms with van der Waals surface area (Å²) in [6.07, 6.45) is 2.98. The summed E-state index contributed by atoms with van der Waals surface area (Å²) in [6.45, 7) is 7.32. The summed E-state index contributed by atoms with van der Waals surface area (Å²) in [4.78, 5) is 18.1. The summed E-state index contributed by atoms with van der Waals surface area (Å²) < 4.78 is 16.3. The fourth-order valence-corrected chi connectivity index (χ4v) is 2.54. The van der Waals surface area contributed by atoms with Gasteiger partial charge in [0.1, 0.15) is 17.1 Å². The van der Waals surface area contributed by atoms with E-state index in [2.05, 4.69) is 10.3 Å². The molecule has 2 rings (SSSR count). The first kappa shape index (κ1) is 17.3. The van der Waals surface area contributed by atoms with Crippen molar-refractivity contribution in [1.29, 1.82) is 0 Å². The van der Waals surface area contributed by atoms with Crippen LogP contribution in [0.5, 0.6) is 11.5 Å². The molecule has 0 aliphatic carbocycles. The second-order valence-electron chi connectivity index (χ2n) is 6.39. The Balaban J connectivity index is 2.20. The Hall–Kier alpha value is -2.02. The molecule has 7 nitrogen and oxygen atoms in total. The van der Waals surface area contributed by atoms with Crippen LogP contribution >= 0.6 is 0 Å². The van der Waals surface area contributed by atoms with Gasteiger partial charge in [-0.25, -0.2) is 4.79 Å². The average molecular weight is 323 g/mol. The average Bonchev–Trinajstić information content (AvgIpc) is 2.52. The van der Waals surface area contributed by atoms with E-state index in [1.807, 2.05) is 20.8 Å². The number of pyridine rings is 1. The number of ether oxygens (including phenoxy) is 3. The van der Waals surface area contributed by atoms with Gasteiger partial charge in [-0.15, -0.1) is 0 Å². The summed E-state index contributed by atoms with van der Waals surface area (Å²) in [5.41, 5.74) is 0.349. The number of rotatable bonds is 3. The fraction of sp³-hybridized carbons (Fsp3) is 0.625. The van der Waals surface area contributed by atoms with Crippen LogP contribution in [0.15, 0.2) is 12.4 Å². The summed E-state index contributed by atoms with van der Waals surface area (Å²) in [7, 11) is 3.18. The van der Waals surface area contributed by atoms with E-state index >= 15 is 0 Å². The molecule has 1 N–H and O–H groups in total. The van der Waals surface area contributed by atoms with E-state index in [-0.39, 0.29) is 12.1 Å². The van der Waals surface area contributed by atoms with Crippen LogP contribution in [0.3, 0.4) is 0 Å². The van der Waals surface area contributed by atoms with Crippen molar-refractivity contribution in [2.75, 3.05) is 33.9 Å². The molecule has 1 aromatic rings. The van der Waals surface area contributed by atoms with Crippen LogP contribution in [0.25, 0.3) is 0 Å². The monoisotopic (exact) mass is 323 g/mol. The highest BCUT2D eigenvalue weighted by Gasteiger charge is 2.31. The number of nitrogens with zero attached hydrogens (tertiary/aromatic N) is 2. The molecule has 2 heterocycles. The number of piperazine rings is 1. The summed E-state index contributed by atoms with van der Waals surface area (Å²) in [5, 5.41) is 3.40. The van der Waals surface area contributed by atoms with Gasteiger partial charge in [0.15, 0.2) is 0 Å². The molecule has 1 atom stereocenters. The van der Waals surface area contributed by atoms with Crippen molar-refractivity contribution in [3.05, 3.63) is 18.0 Å². The Morgan fingerprint density at radius 1 is 1.26 bits per heavy atom. The minimum atomic E-state index is -0.510. The Morgan fingerprint density at radius 2 is 1.87 bits per heavy atom. The zero-order chi connectivity index (χ0) is 17.0. The number of carbonyl (C=O) groups is 1. The van der Waals surface area contributed by atoms with Gasteiger partial charge >= 0.3 is 6.09 Å². The van der Waals surface area contributed by atoms with Crippen molar-refractivity contribution in [1.82, 2.24) is 15.2 Å². The Morgan fingerprint density at radius 3 is 2.39 bits per heavy atom. The van der Waals surface area contributed by atoms with Gasteiger partial charge in [-0.1, -0.05) is 0 Å². The van der Waals surface area contributed by atoms with E-state index in [4.69, 9.17) is 14.2 Å². The van der Waals surface area contributed by atoms with Crippen LogP contribution < -0.4 is 14.8 Å². The first-order valence-corrected chi connectivity index (χ1v) is 7.63. The molecule has 1 fully saturated rings. The molecule has 1 unspecified atom stereocenters. The quantitative estimate of drug-likeness (QED) is 0.917. The normalized spacial score (nSPS) is 18.5. The third-order valence-electron chi connectivity index (χ3n) is 3.53. The van der Waals surface area contributed by atoms with Crippen LogP contribution in [0.1, 0.15) is 32.4 Å². The van der Waals surface area contributed by atoms with Gasteiger partial charge in [-0.3, -0.25) is 4.98 Å². The zero-order valence-corrected chi connectivity index (χ0v) is 14.4. The van der Waals surface area contributed by atoms with Gasteiger partial charge in [0.05, 0.1) is 38.2 Å². The second-order valence-corrected chi connectivity index (χ2v) is 6.39. The standard InChI is InChI=1S/C16H25N3O4/c1-16(2,3)23-15(20)19-7-6-18-11(10-19)14-12(21-4)8-17-9-13(14)22-5/h8-9,11,18H,6-7,10H2,1-5H3. The van der Waals surface area contributed by atoms with Crippen molar-refractivity contribution in [3.63, 3.8) is 0 Å². The first-order valence-electron chi connectivity index (χ1n) is 7.63. The highest BCUT2D eigenvalue weighted by atomic mass is 16.6. The van der Waals surface area contributed by atoms with Gasteiger partial charge in [-0.05, 0) is 20.8 Å². The third kappa shape index (κ3) is 4.25. The second kappa shape index (κ2) is 7.04. The van der Waals surface area contributed by atoms with Gasteiger partial charge in [0.2, 0.25) is 0 Å². The SMILES string of the molecule is COc1cncc(OC)c1C1CN(C(=O)OC(C)(C)C)CCN1. The van der Waals surface area contributed by atoms with E-state index < -0.39 is 5.60 Å². The van der Waals surface area contributed by atoms with Gasteiger partial charge in [0.25, 0.3) is 0 Å². The molecule has 128 valence electrons. The predicted molar refractivity (Wildman–Crippen MR) is 85.9 cm³/mol. The zero-order valence-electron chi connectivity index (χ0n) is 14.4. The van der Waals surface area contributed by atoms with Crippen molar-refractivity contribution in [2.24, 2.45) is 0 Å². The lowest BCUT2D eigenvalue weighted by atomic mass is 10.0. The van der Waals surface area contributed by atoms with E-state index in [0.717, 1.165) is 5.56 Å². The smallest absolute Gasteiger partial charge is 0.410 e. The number of hydrogen-bond acceptors (Lipinski definition) is 6. The van der Waals surface area contributed by atoms with Crippen molar-refractivity contribution >= 4 is 6.09 Å². The van der Waals surface area contributed by atoms with Crippen molar-refractivity contribution < 1.29 is 19.0 Å². The van der Waals surface area contributed by atoms with Gasteiger partial charge < -0.3 is 24.4 Å². The number of amides is 1. The van der Waals surface area contributed by atoms with Gasteiger partial charge in [-0.2, -0.15) is 0 Å². The molecule has 0 spiro atoms. The maximum atomic E-state index is 12.3. The fourth-order valence-electron chi connectivity index (χ4n) is 2.54. The van der Waals surface area contributed by atoms with Crippen LogP contribution in [0, 0.1) is 0 Å². The predicted octanol–water partition coefficient (Wildman–Crippen LogP) is 1.98. The van der Waals surface area contributed by atoms with E-state index in [1.54, 1.807) is 31.5 Å². The highest BCUT2D eigenvalue weighted by Crippen LogP contribution is 2.34. The Kier molecular flexibility index (Phi) is 5.30. The number of aromatic nitrogens is 1. The van der Waals surface area contributed by atoms with Crippen LogP contribution in [-0.2, 0) is 4.74 Å². The van der Waals surface area contributed by atoms with Crippen LogP contribution in [0.4, 0.5) is 4.79 Å². The van der Waals surface area contributed by atoms with Crippen LogP contribution in [-0.4, -0.2) is 55.4 Å². The molecule has 1 saturated heterocycles. The van der Waals surface area contributed by atoms with Crippen molar-refractivity contribution in [2.45, 2.75) is 32.4 Å². The van der Waals surface area contributed by atoms with E-state index in [1.165, 1.54) is 0 Å². The Bertz CT molecular complexity index is 534. The molecule has 0 bridgehead atoms. The lowest BCUT2D eigenvalue weighted by molar-refractivity contribution is 0.0193. The van der Waals surface area contributed by atoms with Crippen LogP contribution in [0.2, 0.25) is 0 Å². The molecule has 1 aromatic heterocycles. The van der Waals surface area contributed by atoms with E-state index in [9.17, 15) is 4.79 Å². The van der Waals surface area contributed by atoms with E-state index in [0.29, 0.717) is 31.1 Å². The maximum absolute atomic E-state index is 12.3. The molecule has 23 heavy (non-hydrogen) atoms. The summed E-state index contributed by atoms with van der Waals surface area (Å²) in [5.74, 6) is 1.26. The first-order chi connectivity index (χ1) is 10.9. The third-order valence-corrected chi connectivity index (χ3v) is 3.53. The lowest BCUT2D eigenvalue weighted by Crippen LogP contribution is -2.49. The molecule has 0 radical (unpaired) electrons. The minimum Gasteiger partial charge on any atom is -0.495 e. The topological polar surface area (TPSA) is 72.9 Å². The van der Waals surface area contributed by atoms with Crippen molar-refractivity contribution in [3.8, 4) is 11.5 Å². The number of carbonyl (C=O) groups excluding carboxylic acids is 1. The Labute approximate surface area is 136 Å².